The Morgan fingerprint density at radius 1 is 1.17 bits per heavy atom. The van der Waals surface area contributed by atoms with E-state index >= 15 is 0 Å². The number of rotatable bonds is 7. The van der Waals surface area contributed by atoms with E-state index in [2.05, 4.69) is 20.3 Å². The number of aromatic nitrogens is 6. The summed E-state index contributed by atoms with van der Waals surface area (Å²) in [5, 5.41) is 21.7. The number of nitrogens with zero attached hydrogens (tertiary/aromatic N) is 6. The molecule has 3 aromatic heterocycles. The molecule has 0 bridgehead atoms. The van der Waals surface area contributed by atoms with Crippen molar-refractivity contribution < 1.29 is 14.6 Å². The van der Waals surface area contributed by atoms with E-state index in [-0.39, 0.29) is 36.3 Å². The number of aliphatic carboxylic acids is 1. The van der Waals surface area contributed by atoms with Gasteiger partial charge in [0, 0.05) is 20.1 Å². The zero-order chi connectivity index (χ0) is 20.4. The Bertz CT molecular complexity index is 1250. The Hall–Kier alpha value is -3.66. The molecule has 0 radical (unpaired) electrons. The number of aryl methyl sites for hydroxylation is 1. The highest BCUT2D eigenvalue weighted by molar-refractivity contribution is 5.83. The lowest BCUT2D eigenvalue weighted by molar-refractivity contribution is -0.137. The first-order valence-corrected chi connectivity index (χ1v) is 8.99. The van der Waals surface area contributed by atoms with E-state index < -0.39 is 5.97 Å². The van der Waals surface area contributed by atoms with Crippen LogP contribution < -0.4 is 5.56 Å². The molecule has 10 nitrogen and oxygen atoms in total. The van der Waals surface area contributed by atoms with Gasteiger partial charge >= 0.3 is 5.97 Å². The summed E-state index contributed by atoms with van der Waals surface area (Å²) in [6.07, 6.45) is 1.67. The topological polar surface area (TPSA) is 124 Å². The molecule has 4 aromatic rings. The van der Waals surface area contributed by atoms with Crippen molar-refractivity contribution in [2.75, 3.05) is 7.11 Å². The Balaban J connectivity index is 1.87. The van der Waals surface area contributed by atoms with E-state index in [1.54, 1.807) is 7.11 Å². The molecule has 1 aromatic carbocycles. The summed E-state index contributed by atoms with van der Waals surface area (Å²) < 4.78 is 8.12. The molecule has 10 heteroatoms. The number of benzene rings is 1. The van der Waals surface area contributed by atoms with Crippen LogP contribution >= 0.6 is 0 Å². The number of fused-ring (bicyclic) bond motifs is 3. The molecule has 0 aliphatic carbocycles. The van der Waals surface area contributed by atoms with Gasteiger partial charge in [-0.1, -0.05) is 30.3 Å². The molecule has 0 amide bonds. The number of carboxylic acid groups (broad SMARTS) is 1. The van der Waals surface area contributed by atoms with Crippen LogP contribution in [0.5, 0.6) is 0 Å². The number of hydrogen-bond acceptors (Lipinski definition) is 7. The molecule has 29 heavy (non-hydrogen) atoms. The predicted molar refractivity (Wildman–Crippen MR) is 103 cm³/mol. The Kier molecular flexibility index (Phi) is 5.00. The Labute approximate surface area is 164 Å². The average Bonchev–Trinajstić information content (AvgIpc) is 3.09. The maximum absolute atomic E-state index is 12.7. The van der Waals surface area contributed by atoms with Gasteiger partial charge < -0.3 is 9.84 Å². The maximum Gasteiger partial charge on any atom is 0.303 e. The summed E-state index contributed by atoms with van der Waals surface area (Å²) in [7, 11) is 1.58. The normalized spacial score (nSPS) is 11.3. The molecule has 0 aliphatic heterocycles. The van der Waals surface area contributed by atoms with Crippen molar-refractivity contribution in [3.8, 4) is 11.1 Å². The summed E-state index contributed by atoms with van der Waals surface area (Å²) in [4.78, 5) is 27.8. The number of hydrogen-bond donors (Lipinski definition) is 1. The molecule has 148 valence electrons. The van der Waals surface area contributed by atoms with Gasteiger partial charge in [0.15, 0.2) is 16.8 Å². The third-order valence-corrected chi connectivity index (χ3v) is 4.51. The minimum atomic E-state index is -0.913. The summed E-state index contributed by atoms with van der Waals surface area (Å²) in [6.45, 7) is 0.498. The van der Waals surface area contributed by atoms with Crippen molar-refractivity contribution in [3.63, 3.8) is 0 Å². The fourth-order valence-electron chi connectivity index (χ4n) is 3.20. The van der Waals surface area contributed by atoms with Gasteiger partial charge in [-0.2, -0.15) is 9.61 Å². The van der Waals surface area contributed by atoms with Crippen molar-refractivity contribution in [2.24, 2.45) is 0 Å². The van der Waals surface area contributed by atoms with Gasteiger partial charge in [-0.05, 0) is 12.0 Å². The van der Waals surface area contributed by atoms with Gasteiger partial charge in [-0.25, -0.2) is 4.98 Å². The van der Waals surface area contributed by atoms with Crippen LogP contribution in [-0.2, 0) is 22.7 Å². The molecular formula is C19H18N6O4. The summed E-state index contributed by atoms with van der Waals surface area (Å²) in [5.41, 5.74) is 2.79. The molecule has 0 saturated carbocycles. The maximum atomic E-state index is 12.7. The van der Waals surface area contributed by atoms with E-state index in [9.17, 15) is 9.59 Å². The second kappa shape index (κ2) is 7.76. The van der Waals surface area contributed by atoms with Crippen molar-refractivity contribution in [1.82, 2.24) is 29.4 Å². The number of methoxy groups -OCH3 is 1. The molecule has 3 heterocycles. The van der Waals surface area contributed by atoms with Crippen LogP contribution in [0.15, 0.2) is 41.5 Å². The lowest BCUT2D eigenvalue weighted by Gasteiger charge is -2.05. The predicted octanol–water partition coefficient (Wildman–Crippen LogP) is 1.51. The van der Waals surface area contributed by atoms with Crippen LogP contribution in [0.2, 0.25) is 0 Å². The average molecular weight is 394 g/mol. The van der Waals surface area contributed by atoms with Crippen LogP contribution in [0.1, 0.15) is 18.5 Å². The Morgan fingerprint density at radius 3 is 2.69 bits per heavy atom. The number of carbonyl (C=O) groups is 1. The second-order valence-corrected chi connectivity index (χ2v) is 6.47. The second-order valence-electron chi connectivity index (χ2n) is 6.47. The largest absolute Gasteiger partial charge is 0.481 e. The zero-order valence-corrected chi connectivity index (χ0v) is 15.6. The van der Waals surface area contributed by atoms with Gasteiger partial charge in [0.2, 0.25) is 0 Å². The monoisotopic (exact) mass is 394 g/mol. The molecule has 0 saturated heterocycles. The molecule has 0 atom stereocenters. The third-order valence-electron chi connectivity index (χ3n) is 4.51. The number of ether oxygens (including phenoxy) is 1. The van der Waals surface area contributed by atoms with Crippen molar-refractivity contribution >= 4 is 22.8 Å². The van der Waals surface area contributed by atoms with Gasteiger partial charge in [0.05, 0.1) is 17.9 Å². The molecule has 0 fully saturated rings. The van der Waals surface area contributed by atoms with E-state index in [1.807, 2.05) is 30.3 Å². The highest BCUT2D eigenvalue weighted by Gasteiger charge is 2.20. The minimum Gasteiger partial charge on any atom is -0.481 e. The van der Waals surface area contributed by atoms with E-state index in [0.717, 1.165) is 11.1 Å². The summed E-state index contributed by atoms with van der Waals surface area (Å²) >= 11 is 0. The summed E-state index contributed by atoms with van der Waals surface area (Å²) in [5.74, 6) is -0.913. The van der Waals surface area contributed by atoms with Crippen LogP contribution in [-0.4, -0.2) is 47.5 Å². The number of carboxylic acids is 1. The van der Waals surface area contributed by atoms with E-state index in [4.69, 9.17) is 9.84 Å². The first kappa shape index (κ1) is 18.7. The van der Waals surface area contributed by atoms with Crippen LogP contribution in [0, 0.1) is 0 Å². The molecule has 0 unspecified atom stereocenters. The molecule has 4 rings (SSSR count). The van der Waals surface area contributed by atoms with Crippen molar-refractivity contribution in [3.05, 3.63) is 52.7 Å². The SMILES string of the molecule is COCc1nn2c(nnc3c(=O)n(CCCC(=O)O)cnc32)c1-c1ccccc1. The first-order chi connectivity index (χ1) is 14.1. The minimum absolute atomic E-state index is 0.0326. The van der Waals surface area contributed by atoms with E-state index in [1.165, 1.54) is 15.4 Å². The lowest BCUT2D eigenvalue weighted by Crippen LogP contribution is -2.23. The van der Waals surface area contributed by atoms with Gasteiger partial charge in [0.25, 0.3) is 5.56 Å². The molecule has 0 spiro atoms. The molecule has 0 aliphatic rings. The summed E-state index contributed by atoms with van der Waals surface area (Å²) in [6, 6.07) is 9.63. The van der Waals surface area contributed by atoms with Crippen LogP contribution in [0.4, 0.5) is 0 Å². The molecular weight excluding hydrogens is 376 g/mol. The van der Waals surface area contributed by atoms with Crippen molar-refractivity contribution in [1.29, 1.82) is 0 Å². The molecule has 1 N–H and O–H groups in total. The quantitative estimate of drug-likeness (QED) is 0.500. The fourth-order valence-corrected chi connectivity index (χ4v) is 3.20. The highest BCUT2D eigenvalue weighted by atomic mass is 16.5. The Morgan fingerprint density at radius 2 is 1.97 bits per heavy atom. The third kappa shape index (κ3) is 3.45. The van der Waals surface area contributed by atoms with Crippen LogP contribution in [0.25, 0.3) is 27.9 Å². The van der Waals surface area contributed by atoms with Crippen LogP contribution in [0.3, 0.4) is 0 Å². The zero-order valence-electron chi connectivity index (χ0n) is 15.6. The van der Waals surface area contributed by atoms with Gasteiger partial charge in [-0.15, -0.1) is 10.2 Å². The standard InChI is InChI=1S/C19H18N6O4/c1-29-10-13-15(12-6-3-2-4-7-12)17-22-21-16-18(25(17)23-13)20-11-24(19(16)28)9-5-8-14(26)27/h2-4,6-7,11H,5,8-10H2,1H3,(H,26,27). The van der Waals surface area contributed by atoms with Crippen molar-refractivity contribution in [2.45, 2.75) is 26.0 Å². The van der Waals surface area contributed by atoms with E-state index in [0.29, 0.717) is 17.8 Å². The lowest BCUT2D eigenvalue weighted by atomic mass is 10.1. The fraction of sp³-hybridized carbons (Fsp3) is 0.263. The van der Waals surface area contributed by atoms with Gasteiger partial charge in [0.1, 0.15) is 6.33 Å². The smallest absolute Gasteiger partial charge is 0.303 e. The highest BCUT2D eigenvalue weighted by Crippen LogP contribution is 2.28. The first-order valence-electron chi connectivity index (χ1n) is 8.99. The van der Waals surface area contributed by atoms with Gasteiger partial charge in [-0.3, -0.25) is 14.2 Å².